The first kappa shape index (κ1) is 16.1. The van der Waals surface area contributed by atoms with E-state index >= 15 is 0 Å². The van der Waals surface area contributed by atoms with Crippen LogP contribution in [0, 0.1) is 0 Å². The summed E-state index contributed by atoms with van der Waals surface area (Å²) in [5.74, 6) is -3.94. The van der Waals surface area contributed by atoms with E-state index < -0.39 is 30.3 Å². The zero-order valence-corrected chi connectivity index (χ0v) is 7.52. The topological polar surface area (TPSA) is 121 Å². The van der Waals surface area contributed by atoms with Crippen LogP contribution in [0.5, 0.6) is 0 Å². The van der Waals surface area contributed by atoms with Gasteiger partial charge in [0, 0.05) is 0 Å². The summed E-state index contributed by atoms with van der Waals surface area (Å²) in [6.45, 7) is 1.33. The number of carboxylic acid groups (broad SMARTS) is 2. The van der Waals surface area contributed by atoms with Gasteiger partial charge in [-0.05, 0) is 6.92 Å². The molecule has 0 fully saturated rings. The quantitative estimate of drug-likeness (QED) is 0.506. The van der Waals surface area contributed by atoms with E-state index in [0.717, 1.165) is 0 Å². The van der Waals surface area contributed by atoms with Gasteiger partial charge in [0.15, 0.2) is 0 Å². The molecule has 2 atom stereocenters. The van der Waals surface area contributed by atoms with Gasteiger partial charge < -0.3 is 21.1 Å². The van der Waals surface area contributed by atoms with Gasteiger partial charge in [-0.25, -0.2) is 4.79 Å². The molecule has 0 radical (unpaired) electrons. The number of aliphatic hydroxyl groups excluding tert-OH is 1. The summed E-state index contributed by atoms with van der Waals surface area (Å²) in [5.41, 5.74) is 4.91. The second-order valence-corrected chi connectivity index (χ2v) is 2.41. The van der Waals surface area contributed by atoms with E-state index in [0.29, 0.717) is 0 Å². The number of aliphatic hydroxyl groups is 1. The van der Waals surface area contributed by atoms with Crippen molar-refractivity contribution in [1.82, 2.24) is 0 Å². The van der Waals surface area contributed by atoms with Crippen molar-refractivity contribution >= 4 is 11.9 Å². The minimum atomic E-state index is -5.08. The molecule has 0 aliphatic carbocycles. The maximum Gasteiger partial charge on any atom is 0.490 e. The van der Waals surface area contributed by atoms with Gasteiger partial charge >= 0.3 is 18.1 Å². The number of halogens is 3. The van der Waals surface area contributed by atoms with E-state index in [9.17, 15) is 18.0 Å². The van der Waals surface area contributed by atoms with Crippen LogP contribution in [-0.4, -0.2) is 45.6 Å². The van der Waals surface area contributed by atoms with Crippen LogP contribution in [0.3, 0.4) is 0 Å². The molecular formula is C6H10F3NO5. The molecule has 9 heteroatoms. The number of carbonyl (C=O) groups is 2. The van der Waals surface area contributed by atoms with Gasteiger partial charge in [-0.2, -0.15) is 13.2 Å². The van der Waals surface area contributed by atoms with Gasteiger partial charge in [-0.3, -0.25) is 4.79 Å². The molecule has 0 aromatic rings. The van der Waals surface area contributed by atoms with Crippen molar-refractivity contribution in [2.75, 3.05) is 0 Å². The number of alkyl halides is 3. The lowest BCUT2D eigenvalue weighted by molar-refractivity contribution is -0.192. The minimum absolute atomic E-state index is 0.979. The van der Waals surface area contributed by atoms with E-state index in [1.54, 1.807) is 0 Å². The minimum Gasteiger partial charge on any atom is -0.480 e. The van der Waals surface area contributed by atoms with Gasteiger partial charge in [-0.1, -0.05) is 0 Å². The van der Waals surface area contributed by atoms with Crippen LogP contribution in [-0.2, 0) is 9.59 Å². The van der Waals surface area contributed by atoms with E-state index in [2.05, 4.69) is 0 Å². The summed E-state index contributed by atoms with van der Waals surface area (Å²) < 4.78 is 31.7. The first-order valence-corrected chi connectivity index (χ1v) is 3.46. The van der Waals surface area contributed by atoms with Crippen LogP contribution in [0.25, 0.3) is 0 Å². The smallest absolute Gasteiger partial charge is 0.480 e. The molecule has 0 unspecified atom stereocenters. The van der Waals surface area contributed by atoms with Crippen LogP contribution in [0.2, 0.25) is 0 Å². The van der Waals surface area contributed by atoms with Crippen molar-refractivity contribution in [3.63, 3.8) is 0 Å². The van der Waals surface area contributed by atoms with Crippen molar-refractivity contribution in [3.8, 4) is 0 Å². The van der Waals surface area contributed by atoms with E-state index in [1.165, 1.54) is 6.92 Å². The molecular weight excluding hydrogens is 223 g/mol. The number of aliphatic carboxylic acids is 2. The summed E-state index contributed by atoms with van der Waals surface area (Å²) in [4.78, 5) is 18.8. The molecule has 0 bridgehead atoms. The Labute approximate surface area is 82.1 Å². The fourth-order valence-electron chi connectivity index (χ4n) is 0.206. The molecule has 0 saturated heterocycles. The predicted octanol–water partition coefficient (Wildman–Crippen LogP) is -0.588. The number of hydrogen-bond donors (Lipinski definition) is 4. The monoisotopic (exact) mass is 233 g/mol. The SMILES string of the molecule is C[C@@H](O)[C@H](N)C(=O)O.O=C(O)C(F)(F)F. The third kappa shape index (κ3) is 8.97. The van der Waals surface area contributed by atoms with Crippen LogP contribution in [0.4, 0.5) is 13.2 Å². The number of rotatable bonds is 2. The molecule has 5 N–H and O–H groups in total. The van der Waals surface area contributed by atoms with Crippen LogP contribution >= 0.6 is 0 Å². The highest BCUT2D eigenvalue weighted by Gasteiger charge is 2.38. The number of carboxylic acids is 2. The number of nitrogens with two attached hydrogens (primary N) is 1. The molecule has 0 aliphatic rings. The van der Waals surface area contributed by atoms with Gasteiger partial charge in [0.2, 0.25) is 0 Å². The van der Waals surface area contributed by atoms with Gasteiger partial charge in [0.25, 0.3) is 0 Å². The van der Waals surface area contributed by atoms with Crippen molar-refractivity contribution in [1.29, 1.82) is 0 Å². The van der Waals surface area contributed by atoms with Crippen molar-refractivity contribution in [2.45, 2.75) is 25.2 Å². The van der Waals surface area contributed by atoms with Gasteiger partial charge in [0.1, 0.15) is 6.04 Å². The van der Waals surface area contributed by atoms with E-state index in [4.69, 9.17) is 25.8 Å². The summed E-state index contributed by atoms with van der Waals surface area (Å²) in [6.07, 6.45) is -6.06. The zero-order valence-electron chi connectivity index (χ0n) is 7.52. The molecule has 0 spiro atoms. The molecule has 90 valence electrons. The fraction of sp³-hybridized carbons (Fsp3) is 0.667. The van der Waals surface area contributed by atoms with Crippen molar-refractivity contribution < 1.29 is 38.1 Å². The largest absolute Gasteiger partial charge is 0.490 e. The van der Waals surface area contributed by atoms with Gasteiger partial charge in [-0.15, -0.1) is 0 Å². The lowest BCUT2D eigenvalue weighted by Crippen LogP contribution is -2.39. The normalized spacial score (nSPS) is 14.5. The average Bonchev–Trinajstić information content (AvgIpc) is 2.01. The predicted molar refractivity (Wildman–Crippen MR) is 41.0 cm³/mol. The van der Waals surface area contributed by atoms with E-state index in [-0.39, 0.29) is 0 Å². The van der Waals surface area contributed by atoms with Crippen LogP contribution < -0.4 is 5.73 Å². The first-order chi connectivity index (χ1) is 6.50. The Morgan fingerprint density at radius 3 is 1.53 bits per heavy atom. The lowest BCUT2D eigenvalue weighted by Gasteiger charge is -2.06. The average molecular weight is 233 g/mol. The van der Waals surface area contributed by atoms with Gasteiger partial charge in [0.05, 0.1) is 6.10 Å². The molecule has 0 rings (SSSR count). The Hall–Kier alpha value is -1.35. The third-order valence-corrected chi connectivity index (χ3v) is 1.05. The number of hydrogen-bond acceptors (Lipinski definition) is 4. The maximum atomic E-state index is 10.6. The molecule has 0 amide bonds. The summed E-state index contributed by atoms with van der Waals surface area (Å²) in [6, 6.07) is -1.16. The van der Waals surface area contributed by atoms with Crippen molar-refractivity contribution in [2.24, 2.45) is 5.73 Å². The second-order valence-electron chi connectivity index (χ2n) is 2.41. The van der Waals surface area contributed by atoms with Crippen molar-refractivity contribution in [3.05, 3.63) is 0 Å². The molecule has 0 heterocycles. The molecule has 0 aromatic heterocycles. The standard InChI is InChI=1S/C4H9NO3.C2HF3O2/c1-2(6)3(5)4(7)8;3-2(4,5)1(6)7/h2-3,6H,5H2,1H3,(H,7,8);(H,6,7)/t2-,3+;/m1./s1. The Balaban J connectivity index is 0. The molecule has 6 nitrogen and oxygen atoms in total. The molecule has 15 heavy (non-hydrogen) atoms. The highest BCUT2D eigenvalue weighted by molar-refractivity contribution is 5.73. The highest BCUT2D eigenvalue weighted by Crippen LogP contribution is 2.13. The van der Waals surface area contributed by atoms with Crippen LogP contribution in [0.1, 0.15) is 6.92 Å². The lowest BCUT2D eigenvalue weighted by atomic mass is 10.2. The zero-order chi connectivity index (χ0) is 12.8. The molecule has 0 saturated carbocycles. The maximum absolute atomic E-state index is 10.6. The Bertz CT molecular complexity index is 227. The first-order valence-electron chi connectivity index (χ1n) is 3.46. The Morgan fingerprint density at radius 1 is 1.27 bits per heavy atom. The summed E-state index contributed by atoms with van der Waals surface area (Å²) in [5, 5.41) is 23.7. The summed E-state index contributed by atoms with van der Waals surface area (Å²) in [7, 11) is 0. The Morgan fingerprint density at radius 2 is 1.53 bits per heavy atom. The second kappa shape index (κ2) is 6.19. The Kier molecular flexibility index (Phi) is 6.64. The van der Waals surface area contributed by atoms with Crippen LogP contribution in [0.15, 0.2) is 0 Å². The summed E-state index contributed by atoms with van der Waals surface area (Å²) >= 11 is 0. The fourth-order valence-corrected chi connectivity index (χ4v) is 0.206. The molecule has 0 aliphatic heterocycles. The van der Waals surface area contributed by atoms with E-state index in [1.807, 2.05) is 0 Å². The third-order valence-electron chi connectivity index (χ3n) is 1.05. The highest BCUT2D eigenvalue weighted by atomic mass is 19.4. The molecule has 0 aromatic carbocycles.